The van der Waals surface area contributed by atoms with Gasteiger partial charge in [-0.15, -0.1) is 0 Å². The van der Waals surface area contributed by atoms with Crippen LogP contribution < -0.4 is 10.6 Å². The van der Waals surface area contributed by atoms with E-state index in [1.807, 2.05) is 6.07 Å². The van der Waals surface area contributed by atoms with Crippen molar-refractivity contribution in [2.75, 3.05) is 10.6 Å². The van der Waals surface area contributed by atoms with E-state index in [9.17, 15) is 26.3 Å². The van der Waals surface area contributed by atoms with Gasteiger partial charge in [-0.3, -0.25) is 0 Å². The van der Waals surface area contributed by atoms with E-state index in [1.54, 1.807) is 24.3 Å². The molecule has 0 bridgehead atoms. The van der Waals surface area contributed by atoms with Crippen LogP contribution in [0.3, 0.4) is 0 Å². The minimum absolute atomic E-state index is 0.0393. The van der Waals surface area contributed by atoms with Gasteiger partial charge >= 0.3 is 12.4 Å². The minimum Gasteiger partial charge on any atom is -0.351 e. The molecule has 4 nitrogen and oxygen atoms in total. The maximum Gasteiger partial charge on any atom is 0.418 e. The van der Waals surface area contributed by atoms with Crippen LogP contribution in [0.5, 0.6) is 0 Å². The van der Waals surface area contributed by atoms with Gasteiger partial charge in [0.25, 0.3) is 0 Å². The number of nitrogens with one attached hydrogen (secondary N) is 2. The second-order valence-electron chi connectivity index (χ2n) is 8.19. The molecule has 0 unspecified atom stereocenters. The van der Waals surface area contributed by atoms with E-state index in [4.69, 9.17) is 0 Å². The van der Waals surface area contributed by atoms with Crippen LogP contribution in [0, 0.1) is 0 Å². The summed E-state index contributed by atoms with van der Waals surface area (Å²) in [5.41, 5.74) is -2.14. The van der Waals surface area contributed by atoms with Gasteiger partial charge in [0, 0.05) is 17.7 Å². The van der Waals surface area contributed by atoms with E-state index in [2.05, 4.69) is 20.6 Å². The molecule has 0 saturated heterocycles. The number of alkyl halides is 6. The number of halogens is 6. The molecule has 1 aliphatic carbocycles. The molecule has 1 fully saturated rings. The number of anilines is 3. The zero-order chi connectivity index (χ0) is 24.3. The highest BCUT2D eigenvalue weighted by Gasteiger charge is 2.38. The SMILES string of the molecule is FC(F)(F)c1ccc(Nc2cc(-c3ccccc3)nc(NC3CCCCC3)n2)c(C(F)(F)F)c1. The number of rotatable bonds is 5. The molecule has 0 atom stereocenters. The molecule has 0 amide bonds. The number of benzene rings is 2. The molecule has 3 aromatic rings. The molecule has 1 heterocycles. The van der Waals surface area contributed by atoms with Crippen LogP contribution in [0.2, 0.25) is 0 Å². The molecule has 180 valence electrons. The Kier molecular flexibility index (Phi) is 6.67. The third-order valence-corrected chi connectivity index (χ3v) is 5.65. The highest BCUT2D eigenvalue weighted by Crippen LogP contribution is 2.40. The molecular formula is C24H22F6N4. The summed E-state index contributed by atoms with van der Waals surface area (Å²) in [5, 5.41) is 5.82. The average Bonchev–Trinajstić information content (AvgIpc) is 2.79. The monoisotopic (exact) mass is 480 g/mol. The Labute approximate surface area is 192 Å². The molecule has 4 rings (SSSR count). The van der Waals surface area contributed by atoms with Crippen molar-refractivity contribution >= 4 is 17.5 Å². The van der Waals surface area contributed by atoms with E-state index < -0.39 is 29.2 Å². The van der Waals surface area contributed by atoms with Gasteiger partial charge in [0.1, 0.15) is 5.82 Å². The summed E-state index contributed by atoms with van der Waals surface area (Å²) in [6.45, 7) is 0. The fraction of sp³-hybridized carbons (Fsp3) is 0.333. The summed E-state index contributed by atoms with van der Waals surface area (Å²) in [6, 6.07) is 12.1. The van der Waals surface area contributed by atoms with Crippen LogP contribution in [0.25, 0.3) is 11.3 Å². The standard InChI is InChI=1S/C24H22F6N4/c25-23(26,27)16-11-12-19(18(13-16)24(28,29)30)32-21-14-20(15-7-3-1-4-8-15)33-22(34-21)31-17-9-5-2-6-10-17/h1,3-4,7-8,11-14,17H,2,5-6,9-10H2,(H2,31,32,33,34). The van der Waals surface area contributed by atoms with Crippen molar-refractivity contribution < 1.29 is 26.3 Å². The predicted octanol–water partition coefficient (Wildman–Crippen LogP) is 7.67. The zero-order valence-corrected chi connectivity index (χ0v) is 18.0. The highest BCUT2D eigenvalue weighted by molar-refractivity contribution is 5.69. The smallest absolute Gasteiger partial charge is 0.351 e. The van der Waals surface area contributed by atoms with Gasteiger partial charge in [-0.05, 0) is 31.0 Å². The Morgan fingerprint density at radius 2 is 1.47 bits per heavy atom. The molecule has 0 spiro atoms. The lowest BCUT2D eigenvalue weighted by Gasteiger charge is -2.23. The lowest BCUT2D eigenvalue weighted by Crippen LogP contribution is -2.23. The van der Waals surface area contributed by atoms with Crippen molar-refractivity contribution in [1.29, 1.82) is 0 Å². The predicted molar refractivity (Wildman–Crippen MR) is 118 cm³/mol. The minimum atomic E-state index is -5.00. The van der Waals surface area contributed by atoms with Crippen molar-refractivity contribution in [3.8, 4) is 11.3 Å². The third kappa shape index (κ3) is 5.78. The number of aromatic nitrogens is 2. The summed E-state index contributed by atoms with van der Waals surface area (Å²) in [7, 11) is 0. The Hall–Kier alpha value is -3.30. The van der Waals surface area contributed by atoms with Crippen LogP contribution >= 0.6 is 0 Å². The average molecular weight is 480 g/mol. The first-order chi connectivity index (χ1) is 16.1. The molecule has 2 aromatic carbocycles. The summed E-state index contributed by atoms with van der Waals surface area (Å²) >= 11 is 0. The Morgan fingerprint density at radius 3 is 2.12 bits per heavy atom. The van der Waals surface area contributed by atoms with Crippen molar-refractivity contribution in [3.63, 3.8) is 0 Å². The molecule has 10 heteroatoms. The van der Waals surface area contributed by atoms with Gasteiger partial charge in [-0.2, -0.15) is 31.3 Å². The van der Waals surface area contributed by atoms with Crippen LogP contribution in [0.4, 0.5) is 43.8 Å². The molecule has 2 N–H and O–H groups in total. The summed E-state index contributed by atoms with van der Waals surface area (Å²) < 4.78 is 79.8. The maximum atomic E-state index is 13.6. The van der Waals surface area contributed by atoms with Gasteiger partial charge < -0.3 is 10.6 Å². The summed E-state index contributed by atoms with van der Waals surface area (Å²) in [4.78, 5) is 8.84. The van der Waals surface area contributed by atoms with Crippen LogP contribution in [-0.2, 0) is 12.4 Å². The van der Waals surface area contributed by atoms with Gasteiger partial charge in [0.15, 0.2) is 0 Å². The summed E-state index contributed by atoms with van der Waals surface area (Å²) in [5.74, 6) is 0.286. The van der Waals surface area contributed by atoms with Crippen molar-refractivity contribution in [3.05, 3.63) is 65.7 Å². The fourth-order valence-electron chi connectivity index (χ4n) is 3.96. The first-order valence-electron chi connectivity index (χ1n) is 10.9. The first kappa shape index (κ1) is 23.8. The molecule has 34 heavy (non-hydrogen) atoms. The van der Waals surface area contributed by atoms with Crippen LogP contribution in [-0.4, -0.2) is 16.0 Å². The van der Waals surface area contributed by atoms with Crippen LogP contribution in [0.1, 0.15) is 43.2 Å². The van der Waals surface area contributed by atoms with Crippen LogP contribution in [0.15, 0.2) is 54.6 Å². The Morgan fingerprint density at radius 1 is 0.765 bits per heavy atom. The number of hydrogen-bond acceptors (Lipinski definition) is 4. The van der Waals surface area contributed by atoms with E-state index in [0.717, 1.165) is 43.7 Å². The third-order valence-electron chi connectivity index (χ3n) is 5.65. The van der Waals surface area contributed by atoms with Crippen molar-refractivity contribution in [2.45, 2.75) is 50.5 Å². The van der Waals surface area contributed by atoms with E-state index in [-0.39, 0.29) is 23.9 Å². The largest absolute Gasteiger partial charge is 0.418 e. The normalized spacial score (nSPS) is 15.2. The van der Waals surface area contributed by atoms with Crippen molar-refractivity contribution in [1.82, 2.24) is 9.97 Å². The van der Waals surface area contributed by atoms with Gasteiger partial charge in [-0.1, -0.05) is 49.6 Å². The maximum absolute atomic E-state index is 13.6. The van der Waals surface area contributed by atoms with Crippen molar-refractivity contribution in [2.24, 2.45) is 0 Å². The van der Waals surface area contributed by atoms with Gasteiger partial charge in [-0.25, -0.2) is 4.98 Å². The van der Waals surface area contributed by atoms with E-state index in [0.29, 0.717) is 11.8 Å². The number of hydrogen-bond donors (Lipinski definition) is 2. The summed E-state index contributed by atoms with van der Waals surface area (Å²) in [6.07, 6.45) is -4.78. The molecule has 1 aliphatic rings. The van der Waals surface area contributed by atoms with E-state index in [1.165, 1.54) is 6.07 Å². The van der Waals surface area contributed by atoms with Gasteiger partial charge in [0.2, 0.25) is 5.95 Å². The Bertz CT molecular complexity index is 1120. The van der Waals surface area contributed by atoms with Gasteiger partial charge in [0.05, 0.1) is 22.5 Å². The second kappa shape index (κ2) is 9.52. The molecule has 1 saturated carbocycles. The Balaban J connectivity index is 1.72. The quantitative estimate of drug-likeness (QED) is 0.368. The first-order valence-corrected chi connectivity index (χ1v) is 10.9. The number of nitrogens with zero attached hydrogens (tertiary/aromatic N) is 2. The molecule has 0 aliphatic heterocycles. The lowest BCUT2D eigenvalue weighted by molar-refractivity contribution is -0.142. The highest BCUT2D eigenvalue weighted by atomic mass is 19.4. The molecule has 0 radical (unpaired) electrons. The second-order valence-corrected chi connectivity index (χ2v) is 8.19. The fourth-order valence-corrected chi connectivity index (χ4v) is 3.96. The molecular weight excluding hydrogens is 458 g/mol. The molecule has 1 aromatic heterocycles. The van der Waals surface area contributed by atoms with E-state index >= 15 is 0 Å². The lowest BCUT2D eigenvalue weighted by atomic mass is 9.96. The topological polar surface area (TPSA) is 49.8 Å². The zero-order valence-electron chi connectivity index (χ0n) is 18.0.